The standard InChI is InChI=1S/C4H8O2S.C2H6O/c5-7(6)3-1-2-4-7;1-3-2/h1-4H2;1-2H3. The van der Waals surface area contributed by atoms with Crippen molar-refractivity contribution in [2.24, 2.45) is 0 Å². The van der Waals surface area contributed by atoms with Crippen molar-refractivity contribution in [3.8, 4) is 0 Å². The second-order valence-corrected chi connectivity index (χ2v) is 4.57. The summed E-state index contributed by atoms with van der Waals surface area (Å²) >= 11 is 0. The van der Waals surface area contributed by atoms with Crippen LogP contribution in [0.25, 0.3) is 0 Å². The fourth-order valence-corrected chi connectivity index (χ4v) is 2.24. The van der Waals surface area contributed by atoms with Gasteiger partial charge in [0.25, 0.3) is 0 Å². The fourth-order valence-electron chi connectivity index (χ4n) is 0.746. The van der Waals surface area contributed by atoms with Crippen LogP contribution in [0.2, 0.25) is 0 Å². The molecule has 0 aromatic heterocycles. The maximum Gasteiger partial charge on any atom is 0.150 e. The molecule has 1 aliphatic rings. The van der Waals surface area contributed by atoms with Crippen LogP contribution in [0.1, 0.15) is 12.8 Å². The van der Waals surface area contributed by atoms with Gasteiger partial charge in [-0.2, -0.15) is 0 Å². The van der Waals surface area contributed by atoms with E-state index in [0.29, 0.717) is 11.5 Å². The minimum atomic E-state index is -2.55. The summed E-state index contributed by atoms with van der Waals surface area (Å²) in [6.07, 6.45) is 1.75. The molecule has 10 heavy (non-hydrogen) atoms. The Labute approximate surface area is 62.3 Å². The Morgan fingerprint density at radius 2 is 1.40 bits per heavy atom. The highest BCUT2D eigenvalue weighted by Crippen LogP contribution is 2.08. The van der Waals surface area contributed by atoms with Gasteiger partial charge in [0.05, 0.1) is 11.5 Å². The number of sulfone groups is 1. The molecule has 1 heterocycles. The molecule has 1 fully saturated rings. The van der Waals surface area contributed by atoms with Crippen LogP contribution >= 0.6 is 0 Å². The molecule has 0 atom stereocenters. The zero-order valence-corrected chi connectivity index (χ0v) is 7.28. The normalized spacial score (nSPS) is 21.4. The highest BCUT2D eigenvalue weighted by Gasteiger charge is 2.16. The Hall–Kier alpha value is -0.0900. The lowest BCUT2D eigenvalue weighted by molar-refractivity contribution is 0.277. The lowest BCUT2D eigenvalue weighted by Gasteiger charge is -1.81. The van der Waals surface area contributed by atoms with Crippen LogP contribution < -0.4 is 0 Å². The van der Waals surface area contributed by atoms with Gasteiger partial charge in [-0.3, -0.25) is 0 Å². The Balaban J connectivity index is 0.000000236. The van der Waals surface area contributed by atoms with Crippen LogP contribution in [0.3, 0.4) is 0 Å². The second-order valence-electron chi connectivity index (χ2n) is 2.27. The molecule has 0 saturated carbocycles. The second kappa shape index (κ2) is 4.68. The summed E-state index contributed by atoms with van der Waals surface area (Å²) in [4.78, 5) is 0. The quantitative estimate of drug-likeness (QED) is 0.525. The molecule has 3 nitrogen and oxygen atoms in total. The van der Waals surface area contributed by atoms with Crippen LogP contribution in [-0.4, -0.2) is 34.1 Å². The van der Waals surface area contributed by atoms with E-state index in [0.717, 1.165) is 12.8 Å². The van der Waals surface area contributed by atoms with Crippen molar-refractivity contribution in [2.75, 3.05) is 25.7 Å². The molecule has 62 valence electrons. The molecule has 0 unspecified atom stereocenters. The van der Waals surface area contributed by atoms with E-state index in [1.54, 1.807) is 14.2 Å². The van der Waals surface area contributed by atoms with E-state index in [2.05, 4.69) is 4.74 Å². The van der Waals surface area contributed by atoms with Crippen LogP contribution in [-0.2, 0) is 14.6 Å². The third kappa shape index (κ3) is 4.76. The van der Waals surface area contributed by atoms with E-state index >= 15 is 0 Å². The first-order valence-corrected chi connectivity index (χ1v) is 5.05. The molecule has 0 amide bonds. The van der Waals surface area contributed by atoms with Crippen molar-refractivity contribution in [3.05, 3.63) is 0 Å². The summed E-state index contributed by atoms with van der Waals surface area (Å²) in [6.45, 7) is 0. The van der Waals surface area contributed by atoms with Crippen molar-refractivity contribution in [1.29, 1.82) is 0 Å². The summed E-state index contributed by atoms with van der Waals surface area (Å²) in [5.74, 6) is 0.847. The van der Waals surface area contributed by atoms with Crippen LogP contribution in [0.15, 0.2) is 0 Å². The first-order valence-electron chi connectivity index (χ1n) is 3.23. The number of rotatable bonds is 0. The Morgan fingerprint density at radius 1 is 1.10 bits per heavy atom. The molecule has 1 aliphatic heterocycles. The van der Waals surface area contributed by atoms with Crippen molar-refractivity contribution in [1.82, 2.24) is 0 Å². The van der Waals surface area contributed by atoms with E-state index in [1.807, 2.05) is 0 Å². The number of hydrogen-bond acceptors (Lipinski definition) is 3. The SMILES string of the molecule is COC.O=S1(=O)CCCC1. The highest BCUT2D eigenvalue weighted by atomic mass is 32.2. The molecule has 0 radical (unpaired) electrons. The zero-order valence-electron chi connectivity index (χ0n) is 6.46. The Morgan fingerprint density at radius 3 is 1.50 bits per heavy atom. The van der Waals surface area contributed by atoms with E-state index in [1.165, 1.54) is 0 Å². The van der Waals surface area contributed by atoms with E-state index < -0.39 is 9.84 Å². The highest BCUT2D eigenvalue weighted by molar-refractivity contribution is 7.91. The third-order valence-electron chi connectivity index (χ3n) is 1.16. The van der Waals surface area contributed by atoms with Gasteiger partial charge < -0.3 is 4.74 Å². The Bertz CT molecular complexity index is 148. The molecule has 4 heteroatoms. The third-order valence-corrected chi connectivity index (χ3v) is 2.98. The molecule has 1 saturated heterocycles. The van der Waals surface area contributed by atoms with Crippen molar-refractivity contribution in [3.63, 3.8) is 0 Å². The number of hydrogen-bond donors (Lipinski definition) is 0. The van der Waals surface area contributed by atoms with Gasteiger partial charge in [0, 0.05) is 14.2 Å². The predicted molar refractivity (Wildman–Crippen MR) is 40.8 cm³/mol. The summed E-state index contributed by atoms with van der Waals surface area (Å²) in [5, 5.41) is 0. The van der Waals surface area contributed by atoms with Crippen LogP contribution in [0, 0.1) is 0 Å². The predicted octanol–water partition coefficient (Wildman–Crippen LogP) is 0.458. The number of methoxy groups -OCH3 is 1. The topological polar surface area (TPSA) is 43.4 Å². The summed E-state index contributed by atoms with van der Waals surface area (Å²) in [6, 6.07) is 0. The molecule has 0 spiro atoms. The van der Waals surface area contributed by atoms with Gasteiger partial charge in [-0.1, -0.05) is 0 Å². The molecule has 1 rings (SSSR count). The van der Waals surface area contributed by atoms with E-state index in [9.17, 15) is 8.42 Å². The van der Waals surface area contributed by atoms with Gasteiger partial charge in [0.15, 0.2) is 0 Å². The maximum absolute atomic E-state index is 10.4. The molecule has 0 aromatic carbocycles. The first kappa shape index (κ1) is 9.91. The lowest BCUT2D eigenvalue weighted by atomic mass is 10.4. The average molecular weight is 166 g/mol. The van der Waals surface area contributed by atoms with Crippen molar-refractivity contribution in [2.45, 2.75) is 12.8 Å². The van der Waals surface area contributed by atoms with Gasteiger partial charge in [0.1, 0.15) is 9.84 Å². The summed E-state index contributed by atoms with van der Waals surface area (Å²) < 4.78 is 25.1. The fraction of sp³-hybridized carbons (Fsp3) is 1.00. The first-order chi connectivity index (χ1) is 4.62. The van der Waals surface area contributed by atoms with Gasteiger partial charge in [0.2, 0.25) is 0 Å². The lowest BCUT2D eigenvalue weighted by Crippen LogP contribution is -1.98. The largest absolute Gasteiger partial charge is 0.388 e. The zero-order chi connectivity index (χ0) is 8.04. The van der Waals surface area contributed by atoms with E-state index in [4.69, 9.17) is 0 Å². The molecule has 0 aliphatic carbocycles. The van der Waals surface area contributed by atoms with Gasteiger partial charge in [-0.05, 0) is 12.8 Å². The van der Waals surface area contributed by atoms with Crippen molar-refractivity contribution >= 4 is 9.84 Å². The van der Waals surface area contributed by atoms with Gasteiger partial charge >= 0.3 is 0 Å². The molecular formula is C6H14O3S. The maximum atomic E-state index is 10.4. The minimum Gasteiger partial charge on any atom is -0.388 e. The molecule has 0 bridgehead atoms. The van der Waals surface area contributed by atoms with Crippen LogP contribution in [0.4, 0.5) is 0 Å². The number of ether oxygens (including phenoxy) is 1. The molecular weight excluding hydrogens is 152 g/mol. The molecule has 0 aromatic rings. The van der Waals surface area contributed by atoms with Gasteiger partial charge in [-0.15, -0.1) is 0 Å². The van der Waals surface area contributed by atoms with Gasteiger partial charge in [-0.25, -0.2) is 8.42 Å². The molecule has 0 N–H and O–H groups in total. The summed E-state index contributed by atoms with van der Waals surface area (Å²) in [7, 11) is 0.704. The minimum absolute atomic E-state index is 0.424. The van der Waals surface area contributed by atoms with E-state index in [-0.39, 0.29) is 0 Å². The average Bonchev–Trinajstić information content (AvgIpc) is 2.16. The van der Waals surface area contributed by atoms with Crippen molar-refractivity contribution < 1.29 is 13.2 Å². The smallest absolute Gasteiger partial charge is 0.150 e. The summed E-state index contributed by atoms with van der Waals surface area (Å²) in [5.41, 5.74) is 0. The Kier molecular flexibility index (Phi) is 4.64. The van der Waals surface area contributed by atoms with Crippen LogP contribution in [0.5, 0.6) is 0 Å². The monoisotopic (exact) mass is 166 g/mol.